The van der Waals surface area contributed by atoms with Crippen molar-refractivity contribution in [1.82, 2.24) is 10.2 Å². The van der Waals surface area contributed by atoms with Crippen molar-refractivity contribution in [3.8, 4) is 0 Å². The predicted molar refractivity (Wildman–Crippen MR) is 110 cm³/mol. The zero-order chi connectivity index (χ0) is 20.8. The van der Waals surface area contributed by atoms with Crippen molar-refractivity contribution in [2.24, 2.45) is 0 Å². The van der Waals surface area contributed by atoms with Gasteiger partial charge in [-0.15, -0.1) is 0 Å². The summed E-state index contributed by atoms with van der Waals surface area (Å²) >= 11 is 0. The Labute approximate surface area is 165 Å². The Kier molecular flexibility index (Phi) is 6.93. The molecule has 0 saturated heterocycles. The molecular weight excluding hydrogens is 354 g/mol. The number of para-hydroxylation sites is 1. The van der Waals surface area contributed by atoms with Gasteiger partial charge in [-0.2, -0.15) is 0 Å². The molecular formula is C22H27N3O3. The molecule has 3 amide bonds. The van der Waals surface area contributed by atoms with Crippen molar-refractivity contribution < 1.29 is 14.4 Å². The molecule has 2 aromatic carbocycles. The maximum Gasteiger partial charge on any atom is 0.251 e. The highest BCUT2D eigenvalue weighted by molar-refractivity contribution is 5.98. The number of anilines is 1. The molecule has 0 spiro atoms. The Morgan fingerprint density at radius 3 is 2.07 bits per heavy atom. The van der Waals surface area contributed by atoms with Crippen LogP contribution in [0, 0.1) is 27.7 Å². The minimum absolute atomic E-state index is 0.0912. The van der Waals surface area contributed by atoms with Crippen LogP contribution < -0.4 is 10.6 Å². The van der Waals surface area contributed by atoms with Crippen LogP contribution in [0.25, 0.3) is 0 Å². The summed E-state index contributed by atoms with van der Waals surface area (Å²) in [6.45, 7) is 7.40. The maximum absolute atomic E-state index is 12.3. The minimum Gasteiger partial charge on any atom is -0.343 e. The monoisotopic (exact) mass is 381 g/mol. The molecule has 2 aromatic rings. The lowest BCUT2D eigenvalue weighted by Gasteiger charge is -2.18. The Morgan fingerprint density at radius 2 is 1.50 bits per heavy atom. The molecule has 148 valence electrons. The number of amides is 3. The zero-order valence-electron chi connectivity index (χ0n) is 17.1. The number of likely N-dealkylation sites (N-methyl/N-ethyl adjacent to an activating group) is 1. The first kappa shape index (κ1) is 21.2. The Hall–Kier alpha value is -3.15. The summed E-state index contributed by atoms with van der Waals surface area (Å²) < 4.78 is 0. The number of hydrogen-bond donors (Lipinski definition) is 2. The molecule has 0 aromatic heterocycles. The van der Waals surface area contributed by atoms with E-state index in [0.717, 1.165) is 27.9 Å². The van der Waals surface area contributed by atoms with E-state index in [1.807, 2.05) is 52.0 Å². The van der Waals surface area contributed by atoms with Crippen molar-refractivity contribution in [2.75, 3.05) is 25.5 Å². The third-order valence-corrected chi connectivity index (χ3v) is 4.44. The fraction of sp³-hybridized carbons (Fsp3) is 0.318. The average molecular weight is 381 g/mol. The van der Waals surface area contributed by atoms with Crippen molar-refractivity contribution in [1.29, 1.82) is 0 Å². The van der Waals surface area contributed by atoms with Crippen LogP contribution in [-0.4, -0.2) is 42.8 Å². The minimum atomic E-state index is -0.339. The maximum atomic E-state index is 12.3. The molecule has 2 rings (SSSR count). The molecule has 0 bridgehead atoms. The van der Waals surface area contributed by atoms with Crippen LogP contribution in [-0.2, 0) is 9.59 Å². The molecule has 0 radical (unpaired) electrons. The summed E-state index contributed by atoms with van der Waals surface area (Å²) in [5.74, 6) is -0.934. The molecule has 0 heterocycles. The fourth-order valence-corrected chi connectivity index (χ4v) is 2.99. The van der Waals surface area contributed by atoms with Gasteiger partial charge >= 0.3 is 0 Å². The second-order valence-corrected chi connectivity index (χ2v) is 7.12. The van der Waals surface area contributed by atoms with Crippen molar-refractivity contribution in [3.63, 3.8) is 0 Å². The Morgan fingerprint density at radius 1 is 0.929 bits per heavy atom. The van der Waals surface area contributed by atoms with E-state index in [-0.39, 0.29) is 30.8 Å². The van der Waals surface area contributed by atoms with E-state index >= 15 is 0 Å². The largest absolute Gasteiger partial charge is 0.343 e. The molecule has 6 nitrogen and oxygen atoms in total. The summed E-state index contributed by atoms with van der Waals surface area (Å²) in [7, 11) is 1.54. The first-order valence-electron chi connectivity index (χ1n) is 9.14. The average Bonchev–Trinajstić information content (AvgIpc) is 2.61. The zero-order valence-corrected chi connectivity index (χ0v) is 17.1. The number of hydrogen-bond acceptors (Lipinski definition) is 3. The number of nitrogens with zero attached hydrogens (tertiary/aromatic N) is 1. The SMILES string of the molecule is Cc1cc(C)cc(C(=O)NCC(=O)N(C)CC(=O)Nc2c(C)cccc2C)c1. The van der Waals surface area contributed by atoms with Gasteiger partial charge in [0.2, 0.25) is 11.8 Å². The van der Waals surface area contributed by atoms with E-state index < -0.39 is 0 Å². The highest BCUT2D eigenvalue weighted by atomic mass is 16.2. The number of benzene rings is 2. The van der Waals surface area contributed by atoms with Crippen LogP contribution in [0.1, 0.15) is 32.6 Å². The normalized spacial score (nSPS) is 10.3. The van der Waals surface area contributed by atoms with Gasteiger partial charge < -0.3 is 15.5 Å². The lowest BCUT2D eigenvalue weighted by atomic mass is 10.1. The second kappa shape index (κ2) is 9.17. The third-order valence-electron chi connectivity index (χ3n) is 4.44. The van der Waals surface area contributed by atoms with Crippen molar-refractivity contribution >= 4 is 23.4 Å². The van der Waals surface area contributed by atoms with Crippen LogP contribution in [0.4, 0.5) is 5.69 Å². The van der Waals surface area contributed by atoms with Crippen LogP contribution in [0.5, 0.6) is 0 Å². The van der Waals surface area contributed by atoms with Gasteiger partial charge in [0.15, 0.2) is 0 Å². The van der Waals surface area contributed by atoms with Gasteiger partial charge in [0, 0.05) is 18.3 Å². The van der Waals surface area contributed by atoms with Crippen molar-refractivity contribution in [2.45, 2.75) is 27.7 Å². The van der Waals surface area contributed by atoms with Gasteiger partial charge in [0.05, 0.1) is 13.1 Å². The first-order chi connectivity index (χ1) is 13.2. The molecule has 28 heavy (non-hydrogen) atoms. The van der Waals surface area contributed by atoms with Gasteiger partial charge in [0.1, 0.15) is 0 Å². The highest BCUT2D eigenvalue weighted by Crippen LogP contribution is 2.19. The lowest BCUT2D eigenvalue weighted by Crippen LogP contribution is -2.41. The molecule has 0 atom stereocenters. The molecule has 0 aliphatic heterocycles. The Balaban J connectivity index is 1.88. The predicted octanol–water partition coefficient (Wildman–Crippen LogP) is 2.75. The summed E-state index contributed by atoms with van der Waals surface area (Å²) in [4.78, 5) is 38.1. The summed E-state index contributed by atoms with van der Waals surface area (Å²) in [5.41, 5.74) is 5.16. The summed E-state index contributed by atoms with van der Waals surface area (Å²) in [5, 5.41) is 5.46. The standard InChI is InChI=1S/C22H27N3O3/c1-14-9-15(2)11-18(10-14)22(28)23-12-20(27)25(5)13-19(26)24-21-16(3)7-6-8-17(21)4/h6-11H,12-13H2,1-5H3,(H,23,28)(H,24,26). The molecule has 0 aliphatic rings. The lowest BCUT2D eigenvalue weighted by molar-refractivity contribution is -0.132. The van der Waals surface area contributed by atoms with E-state index in [1.54, 1.807) is 12.1 Å². The van der Waals surface area contributed by atoms with Gasteiger partial charge in [-0.05, 0) is 51.0 Å². The first-order valence-corrected chi connectivity index (χ1v) is 9.14. The Bertz CT molecular complexity index is 865. The van der Waals surface area contributed by atoms with Gasteiger partial charge in [0.25, 0.3) is 5.91 Å². The number of carbonyl (C=O) groups is 3. The fourth-order valence-electron chi connectivity index (χ4n) is 2.99. The van der Waals surface area contributed by atoms with Gasteiger partial charge in [-0.1, -0.05) is 35.4 Å². The molecule has 0 unspecified atom stereocenters. The molecule has 0 aliphatic carbocycles. The van der Waals surface area contributed by atoms with E-state index in [2.05, 4.69) is 10.6 Å². The third kappa shape index (κ3) is 5.67. The quantitative estimate of drug-likeness (QED) is 0.808. The molecule has 2 N–H and O–H groups in total. The van der Waals surface area contributed by atoms with Crippen LogP contribution in [0.3, 0.4) is 0 Å². The number of rotatable bonds is 6. The van der Waals surface area contributed by atoms with Crippen molar-refractivity contribution in [3.05, 3.63) is 64.2 Å². The number of carbonyl (C=O) groups excluding carboxylic acids is 3. The number of nitrogens with one attached hydrogen (secondary N) is 2. The van der Waals surface area contributed by atoms with Gasteiger partial charge in [-0.25, -0.2) is 0 Å². The van der Waals surface area contributed by atoms with E-state index in [1.165, 1.54) is 11.9 Å². The van der Waals surface area contributed by atoms with Gasteiger partial charge in [-0.3, -0.25) is 14.4 Å². The molecule has 0 saturated carbocycles. The summed E-state index contributed by atoms with van der Waals surface area (Å²) in [6, 6.07) is 11.3. The van der Waals surface area contributed by atoms with E-state index in [0.29, 0.717) is 5.56 Å². The van der Waals surface area contributed by atoms with Crippen LogP contribution in [0.2, 0.25) is 0 Å². The van der Waals surface area contributed by atoms with Crippen LogP contribution >= 0.6 is 0 Å². The molecule has 6 heteroatoms. The summed E-state index contributed by atoms with van der Waals surface area (Å²) in [6.07, 6.45) is 0. The molecule has 0 fully saturated rings. The second-order valence-electron chi connectivity index (χ2n) is 7.12. The van der Waals surface area contributed by atoms with E-state index in [4.69, 9.17) is 0 Å². The topological polar surface area (TPSA) is 78.5 Å². The van der Waals surface area contributed by atoms with Crippen LogP contribution in [0.15, 0.2) is 36.4 Å². The smallest absolute Gasteiger partial charge is 0.251 e. The highest BCUT2D eigenvalue weighted by Gasteiger charge is 2.16. The van der Waals surface area contributed by atoms with E-state index in [9.17, 15) is 14.4 Å². The number of aryl methyl sites for hydroxylation is 4.